The number of aryl methyl sites for hydroxylation is 2. The van der Waals surface area contributed by atoms with Crippen molar-refractivity contribution in [2.45, 2.75) is 37.0 Å². The number of ether oxygens (including phenoxy) is 1. The van der Waals surface area contributed by atoms with Gasteiger partial charge in [-0.25, -0.2) is 4.39 Å². The van der Waals surface area contributed by atoms with Crippen molar-refractivity contribution in [1.82, 2.24) is 0 Å². The molecule has 0 aliphatic heterocycles. The van der Waals surface area contributed by atoms with Crippen molar-refractivity contribution < 1.29 is 9.13 Å². The Hall–Kier alpha value is -1.68. The largest absolute Gasteiger partial charge is 0.490 e. The molecule has 2 aromatic carbocycles. The summed E-state index contributed by atoms with van der Waals surface area (Å²) in [6.07, 6.45) is 0.837. The highest BCUT2D eigenvalue weighted by Crippen LogP contribution is 2.36. The van der Waals surface area contributed by atoms with Gasteiger partial charge in [-0.2, -0.15) is 0 Å². The maximum Gasteiger partial charge on any atom is 0.167 e. The van der Waals surface area contributed by atoms with Crippen LogP contribution in [0, 0.1) is 19.7 Å². The molecule has 0 amide bonds. The first-order valence-corrected chi connectivity index (χ1v) is 7.80. The lowest BCUT2D eigenvalue weighted by atomic mass is 10.1. The van der Waals surface area contributed by atoms with Crippen LogP contribution in [0.15, 0.2) is 40.1 Å². The zero-order valence-electron chi connectivity index (χ0n) is 12.6. The third-order valence-corrected chi connectivity index (χ3v) is 4.30. The Morgan fingerprint density at radius 2 is 1.90 bits per heavy atom. The number of nitrogen functional groups attached to an aromatic ring is 1. The highest BCUT2D eigenvalue weighted by molar-refractivity contribution is 7.99. The Kier molecular flexibility index (Phi) is 5.12. The molecule has 0 aliphatic rings. The van der Waals surface area contributed by atoms with Gasteiger partial charge in [0.2, 0.25) is 0 Å². The molecule has 2 nitrogen and oxygen atoms in total. The van der Waals surface area contributed by atoms with Crippen LogP contribution in [0.4, 0.5) is 10.1 Å². The summed E-state index contributed by atoms with van der Waals surface area (Å²) in [7, 11) is 0. The molecule has 0 bridgehead atoms. The van der Waals surface area contributed by atoms with Gasteiger partial charge in [0.05, 0.1) is 6.61 Å². The van der Waals surface area contributed by atoms with Crippen LogP contribution in [-0.4, -0.2) is 6.61 Å². The number of hydrogen-bond acceptors (Lipinski definition) is 3. The molecule has 112 valence electrons. The van der Waals surface area contributed by atoms with Gasteiger partial charge in [-0.15, -0.1) is 0 Å². The number of rotatable bonds is 5. The van der Waals surface area contributed by atoms with Gasteiger partial charge in [-0.3, -0.25) is 0 Å². The van der Waals surface area contributed by atoms with Crippen LogP contribution in [0.3, 0.4) is 0 Å². The number of benzene rings is 2. The lowest BCUT2D eigenvalue weighted by Crippen LogP contribution is -1.99. The number of nitrogens with two attached hydrogens (primary N) is 1. The summed E-state index contributed by atoms with van der Waals surface area (Å²) in [5, 5.41) is 0. The normalized spacial score (nSPS) is 10.7. The lowest BCUT2D eigenvalue weighted by Gasteiger charge is -2.11. The number of anilines is 1. The molecule has 0 aliphatic carbocycles. The molecule has 0 heterocycles. The fraction of sp³-hybridized carbons (Fsp3) is 0.294. The predicted molar refractivity (Wildman–Crippen MR) is 86.6 cm³/mol. The van der Waals surface area contributed by atoms with Gasteiger partial charge in [0.1, 0.15) is 0 Å². The molecule has 2 N–H and O–H groups in total. The van der Waals surface area contributed by atoms with Crippen molar-refractivity contribution in [2.24, 2.45) is 0 Å². The Balaban J connectivity index is 2.28. The standard InChI is InChI=1S/C17H20FNOS/c1-4-7-20-16-10-17(15(19)9-14(16)18)21-13-6-5-11(2)12(3)8-13/h5-6,8-10H,4,7,19H2,1-3H3. The smallest absolute Gasteiger partial charge is 0.167 e. The Morgan fingerprint density at radius 1 is 1.14 bits per heavy atom. The molecule has 4 heteroatoms. The van der Waals surface area contributed by atoms with E-state index in [1.54, 1.807) is 6.07 Å². The second-order valence-corrected chi connectivity index (χ2v) is 6.13. The van der Waals surface area contributed by atoms with E-state index in [0.29, 0.717) is 12.3 Å². The molecule has 0 atom stereocenters. The van der Waals surface area contributed by atoms with Gasteiger partial charge in [-0.05, 0) is 49.6 Å². The van der Waals surface area contributed by atoms with Gasteiger partial charge < -0.3 is 10.5 Å². The van der Waals surface area contributed by atoms with E-state index in [9.17, 15) is 4.39 Å². The third-order valence-electron chi connectivity index (χ3n) is 3.23. The predicted octanol–water partition coefficient (Wildman–Crippen LogP) is 4.96. The van der Waals surface area contributed by atoms with Crippen molar-refractivity contribution >= 4 is 17.4 Å². The Morgan fingerprint density at radius 3 is 2.57 bits per heavy atom. The summed E-state index contributed by atoms with van der Waals surface area (Å²) in [4.78, 5) is 1.89. The van der Waals surface area contributed by atoms with E-state index in [1.165, 1.54) is 29.0 Å². The average Bonchev–Trinajstić information content (AvgIpc) is 2.44. The average molecular weight is 305 g/mol. The first kappa shape index (κ1) is 15.7. The number of hydrogen-bond donors (Lipinski definition) is 1. The monoisotopic (exact) mass is 305 g/mol. The minimum absolute atomic E-state index is 0.261. The van der Waals surface area contributed by atoms with Crippen molar-refractivity contribution in [3.63, 3.8) is 0 Å². The van der Waals surface area contributed by atoms with Crippen molar-refractivity contribution in [3.05, 3.63) is 47.3 Å². The van der Waals surface area contributed by atoms with Gasteiger partial charge in [0, 0.05) is 21.5 Å². The van der Waals surface area contributed by atoms with Gasteiger partial charge >= 0.3 is 0 Å². The summed E-state index contributed by atoms with van der Waals surface area (Å²) in [5.41, 5.74) is 8.82. The molecule has 21 heavy (non-hydrogen) atoms. The quantitative estimate of drug-likeness (QED) is 0.793. The van der Waals surface area contributed by atoms with E-state index in [-0.39, 0.29) is 5.75 Å². The van der Waals surface area contributed by atoms with E-state index >= 15 is 0 Å². The first-order valence-electron chi connectivity index (χ1n) is 6.98. The minimum Gasteiger partial charge on any atom is -0.490 e. The van der Waals surface area contributed by atoms with Crippen LogP contribution < -0.4 is 10.5 Å². The second kappa shape index (κ2) is 6.85. The molecule has 0 fully saturated rings. The molecule has 0 spiro atoms. The topological polar surface area (TPSA) is 35.2 Å². The molecule has 0 unspecified atom stereocenters. The van der Waals surface area contributed by atoms with E-state index in [0.717, 1.165) is 16.2 Å². The molecule has 2 rings (SSSR count). The molecular weight excluding hydrogens is 285 g/mol. The minimum atomic E-state index is -0.412. The molecule has 2 aromatic rings. The van der Waals surface area contributed by atoms with Crippen molar-refractivity contribution in [1.29, 1.82) is 0 Å². The maximum atomic E-state index is 13.8. The maximum absolute atomic E-state index is 13.8. The van der Waals surface area contributed by atoms with Crippen LogP contribution in [0.25, 0.3) is 0 Å². The summed E-state index contributed by atoms with van der Waals surface area (Å²) >= 11 is 1.52. The zero-order chi connectivity index (χ0) is 15.4. The lowest BCUT2D eigenvalue weighted by molar-refractivity contribution is 0.300. The van der Waals surface area contributed by atoms with Crippen LogP contribution >= 0.6 is 11.8 Å². The van der Waals surface area contributed by atoms with Crippen LogP contribution in [-0.2, 0) is 0 Å². The van der Waals surface area contributed by atoms with Crippen LogP contribution in [0.5, 0.6) is 5.75 Å². The summed E-state index contributed by atoms with van der Waals surface area (Å²) in [6, 6.07) is 9.23. The highest BCUT2D eigenvalue weighted by Gasteiger charge is 2.11. The Bertz CT molecular complexity index is 643. The van der Waals surface area contributed by atoms with Crippen LogP contribution in [0.2, 0.25) is 0 Å². The third kappa shape index (κ3) is 3.91. The van der Waals surface area contributed by atoms with Gasteiger partial charge in [-0.1, -0.05) is 24.8 Å². The van der Waals surface area contributed by atoms with Gasteiger partial charge in [0.15, 0.2) is 11.6 Å². The first-order chi connectivity index (χ1) is 10.0. The fourth-order valence-corrected chi connectivity index (χ4v) is 2.83. The summed E-state index contributed by atoms with van der Waals surface area (Å²) in [5.74, 6) is -0.150. The zero-order valence-corrected chi connectivity index (χ0v) is 13.4. The van der Waals surface area contributed by atoms with Crippen LogP contribution in [0.1, 0.15) is 24.5 Å². The second-order valence-electron chi connectivity index (χ2n) is 5.02. The highest BCUT2D eigenvalue weighted by atomic mass is 32.2. The van der Waals surface area contributed by atoms with Gasteiger partial charge in [0.25, 0.3) is 0 Å². The molecule has 0 radical (unpaired) electrons. The summed E-state index contributed by atoms with van der Waals surface area (Å²) < 4.78 is 19.2. The van der Waals surface area contributed by atoms with E-state index in [1.807, 2.05) is 13.0 Å². The van der Waals surface area contributed by atoms with E-state index < -0.39 is 5.82 Å². The SMILES string of the molecule is CCCOc1cc(Sc2ccc(C)c(C)c2)c(N)cc1F. The van der Waals surface area contributed by atoms with Crippen molar-refractivity contribution in [3.8, 4) is 5.75 Å². The molecule has 0 saturated carbocycles. The molecule has 0 aromatic heterocycles. The molecule has 0 saturated heterocycles. The van der Waals surface area contributed by atoms with E-state index in [4.69, 9.17) is 10.5 Å². The number of halogens is 1. The summed E-state index contributed by atoms with van der Waals surface area (Å²) in [6.45, 7) is 6.63. The van der Waals surface area contributed by atoms with E-state index in [2.05, 4.69) is 26.0 Å². The molecular formula is C17H20FNOS. The Labute approximate surface area is 129 Å². The van der Waals surface area contributed by atoms with Crippen molar-refractivity contribution in [2.75, 3.05) is 12.3 Å². The fourth-order valence-electron chi connectivity index (χ4n) is 1.87.